The third-order valence-corrected chi connectivity index (χ3v) is 5.66. The Morgan fingerprint density at radius 2 is 1.86 bits per heavy atom. The van der Waals surface area contributed by atoms with Gasteiger partial charge < -0.3 is 9.64 Å². The van der Waals surface area contributed by atoms with Crippen molar-refractivity contribution in [3.63, 3.8) is 0 Å². The Hall–Kier alpha value is -2.70. The number of ether oxygens (including phenoxy) is 1. The summed E-state index contributed by atoms with van der Waals surface area (Å²) in [6.45, 7) is 7.35. The molecule has 0 spiro atoms. The SMILES string of the molecule is COc1ccc(C[NH+](C)Cc2csc(N(C(C)=O)c3ccc(C)cc3C)n2)cc1. The Kier molecular flexibility index (Phi) is 6.67. The van der Waals surface area contributed by atoms with Crippen LogP contribution in [0.2, 0.25) is 0 Å². The molecule has 0 aliphatic rings. The number of thiazole rings is 1. The Morgan fingerprint density at radius 1 is 1.14 bits per heavy atom. The molecule has 152 valence electrons. The molecule has 0 saturated heterocycles. The minimum absolute atomic E-state index is 0.0308. The van der Waals surface area contributed by atoms with E-state index < -0.39 is 0 Å². The Bertz CT molecular complexity index is 982. The fourth-order valence-corrected chi connectivity index (χ4v) is 4.29. The highest BCUT2D eigenvalue weighted by Crippen LogP contribution is 2.31. The quantitative estimate of drug-likeness (QED) is 0.647. The van der Waals surface area contributed by atoms with Crippen molar-refractivity contribution in [1.29, 1.82) is 0 Å². The van der Waals surface area contributed by atoms with Crippen LogP contribution in [0.3, 0.4) is 0 Å². The summed E-state index contributed by atoms with van der Waals surface area (Å²) >= 11 is 1.51. The maximum atomic E-state index is 12.4. The van der Waals surface area contributed by atoms with Crippen molar-refractivity contribution in [2.45, 2.75) is 33.9 Å². The lowest BCUT2D eigenvalue weighted by atomic mass is 10.1. The van der Waals surface area contributed by atoms with Crippen LogP contribution in [-0.4, -0.2) is 25.0 Å². The summed E-state index contributed by atoms with van der Waals surface area (Å²) in [7, 11) is 3.82. The van der Waals surface area contributed by atoms with Crippen LogP contribution in [0.15, 0.2) is 47.8 Å². The van der Waals surface area contributed by atoms with Gasteiger partial charge in [0.05, 0.1) is 19.8 Å². The van der Waals surface area contributed by atoms with Crippen LogP contribution in [0, 0.1) is 13.8 Å². The number of aryl methyl sites for hydroxylation is 2. The van der Waals surface area contributed by atoms with Crippen LogP contribution < -0.4 is 14.5 Å². The zero-order valence-electron chi connectivity index (χ0n) is 17.7. The zero-order chi connectivity index (χ0) is 21.0. The first-order valence-corrected chi connectivity index (χ1v) is 10.5. The monoisotopic (exact) mass is 410 g/mol. The number of aromatic nitrogens is 1. The molecular formula is C23H28N3O2S+. The minimum Gasteiger partial charge on any atom is -0.497 e. The normalized spacial score (nSPS) is 11.9. The maximum absolute atomic E-state index is 12.4. The number of hydrogen-bond acceptors (Lipinski definition) is 4. The molecule has 0 aliphatic carbocycles. The summed E-state index contributed by atoms with van der Waals surface area (Å²) in [5.74, 6) is 0.836. The zero-order valence-corrected chi connectivity index (χ0v) is 18.5. The number of carbonyl (C=O) groups excluding carboxylic acids is 1. The van der Waals surface area contributed by atoms with Crippen molar-refractivity contribution in [3.05, 3.63) is 70.2 Å². The number of nitrogens with one attached hydrogen (secondary N) is 1. The van der Waals surface area contributed by atoms with Gasteiger partial charge in [-0.1, -0.05) is 17.7 Å². The second-order valence-corrected chi connectivity index (χ2v) is 8.26. The number of rotatable bonds is 7. The van der Waals surface area contributed by atoms with E-state index in [-0.39, 0.29) is 5.91 Å². The molecule has 1 atom stereocenters. The van der Waals surface area contributed by atoms with Crippen molar-refractivity contribution in [3.8, 4) is 5.75 Å². The van der Waals surface area contributed by atoms with Gasteiger partial charge in [-0.25, -0.2) is 4.98 Å². The number of anilines is 2. The van der Waals surface area contributed by atoms with Gasteiger partial charge in [-0.05, 0) is 49.7 Å². The summed E-state index contributed by atoms with van der Waals surface area (Å²) in [5, 5.41) is 2.77. The van der Waals surface area contributed by atoms with E-state index in [0.717, 1.165) is 40.9 Å². The topological polar surface area (TPSA) is 46.9 Å². The van der Waals surface area contributed by atoms with Gasteiger partial charge in [0.1, 0.15) is 24.5 Å². The predicted molar refractivity (Wildman–Crippen MR) is 118 cm³/mol. The summed E-state index contributed by atoms with van der Waals surface area (Å²) < 4.78 is 5.22. The van der Waals surface area contributed by atoms with Crippen LogP contribution >= 0.6 is 11.3 Å². The van der Waals surface area contributed by atoms with Crippen molar-refractivity contribution >= 4 is 28.1 Å². The van der Waals surface area contributed by atoms with Crippen molar-refractivity contribution in [2.24, 2.45) is 0 Å². The van der Waals surface area contributed by atoms with E-state index in [9.17, 15) is 4.79 Å². The lowest BCUT2D eigenvalue weighted by molar-refractivity contribution is -0.908. The Labute approximate surface area is 176 Å². The fraction of sp³-hybridized carbons (Fsp3) is 0.304. The molecule has 6 heteroatoms. The molecule has 29 heavy (non-hydrogen) atoms. The highest BCUT2D eigenvalue weighted by atomic mass is 32.1. The molecule has 0 saturated carbocycles. The average molecular weight is 411 g/mol. The standard InChI is InChI=1S/C23H27N3O2S/c1-16-6-11-22(17(2)12-16)26(18(3)27)23-24-20(15-29-23)14-25(4)13-19-7-9-21(28-5)10-8-19/h6-12,15H,13-14H2,1-5H3/p+1. The fourth-order valence-electron chi connectivity index (χ4n) is 3.41. The van der Waals surface area contributed by atoms with Crippen LogP contribution in [0.4, 0.5) is 10.8 Å². The Balaban J connectivity index is 1.73. The summed E-state index contributed by atoms with van der Waals surface area (Å²) in [5.41, 5.74) is 5.38. The van der Waals surface area contributed by atoms with E-state index >= 15 is 0 Å². The van der Waals surface area contributed by atoms with Gasteiger partial charge in [-0.2, -0.15) is 0 Å². The number of amides is 1. The lowest BCUT2D eigenvalue weighted by Crippen LogP contribution is -3.06. The molecule has 0 aliphatic heterocycles. The van der Waals surface area contributed by atoms with Crippen LogP contribution in [0.25, 0.3) is 0 Å². The molecule has 2 aromatic carbocycles. The largest absolute Gasteiger partial charge is 0.497 e. The van der Waals surface area contributed by atoms with Gasteiger partial charge in [0, 0.05) is 17.9 Å². The third-order valence-electron chi connectivity index (χ3n) is 4.79. The molecule has 0 fully saturated rings. The average Bonchev–Trinajstić information content (AvgIpc) is 3.11. The first-order chi connectivity index (χ1) is 13.9. The second kappa shape index (κ2) is 9.20. The molecule has 1 aromatic heterocycles. The van der Waals surface area contributed by atoms with E-state index in [1.807, 2.05) is 36.6 Å². The van der Waals surface area contributed by atoms with Gasteiger partial charge in [0.25, 0.3) is 0 Å². The second-order valence-electron chi connectivity index (χ2n) is 7.42. The molecule has 1 amide bonds. The lowest BCUT2D eigenvalue weighted by Gasteiger charge is -2.20. The number of hydrogen-bond donors (Lipinski definition) is 1. The van der Waals surface area contributed by atoms with E-state index in [1.165, 1.54) is 27.4 Å². The summed E-state index contributed by atoms with van der Waals surface area (Å²) in [6, 6.07) is 14.3. The van der Waals surface area contributed by atoms with Crippen molar-refractivity contribution < 1.29 is 14.4 Å². The molecule has 1 N–H and O–H groups in total. The van der Waals surface area contributed by atoms with Crippen LogP contribution in [0.1, 0.15) is 29.3 Å². The van der Waals surface area contributed by atoms with E-state index in [2.05, 4.69) is 32.2 Å². The predicted octanol–water partition coefficient (Wildman–Crippen LogP) is 3.67. The molecule has 3 aromatic rings. The molecule has 0 radical (unpaired) electrons. The highest BCUT2D eigenvalue weighted by Gasteiger charge is 2.20. The van der Waals surface area contributed by atoms with E-state index in [4.69, 9.17) is 9.72 Å². The van der Waals surface area contributed by atoms with Crippen LogP contribution in [0.5, 0.6) is 5.75 Å². The number of carbonyl (C=O) groups is 1. The summed E-state index contributed by atoms with van der Waals surface area (Å²) in [4.78, 5) is 20.2. The van der Waals surface area contributed by atoms with Gasteiger partial charge in [0.15, 0.2) is 5.13 Å². The van der Waals surface area contributed by atoms with Crippen molar-refractivity contribution in [1.82, 2.24) is 4.98 Å². The highest BCUT2D eigenvalue weighted by molar-refractivity contribution is 7.14. The maximum Gasteiger partial charge on any atom is 0.230 e. The van der Waals surface area contributed by atoms with Crippen molar-refractivity contribution in [2.75, 3.05) is 19.1 Å². The molecule has 3 rings (SSSR count). The van der Waals surface area contributed by atoms with Gasteiger partial charge >= 0.3 is 0 Å². The minimum atomic E-state index is -0.0308. The molecule has 0 bridgehead atoms. The number of quaternary nitrogens is 1. The van der Waals surface area contributed by atoms with E-state index in [0.29, 0.717) is 0 Å². The van der Waals surface area contributed by atoms with Crippen LogP contribution in [-0.2, 0) is 17.9 Å². The Morgan fingerprint density at radius 3 is 2.48 bits per heavy atom. The molecule has 1 unspecified atom stereocenters. The first kappa shape index (κ1) is 21.0. The van der Waals surface area contributed by atoms with Gasteiger partial charge in [-0.3, -0.25) is 9.69 Å². The number of benzene rings is 2. The third kappa shape index (κ3) is 5.22. The van der Waals surface area contributed by atoms with E-state index in [1.54, 1.807) is 18.9 Å². The first-order valence-electron chi connectivity index (χ1n) is 9.64. The number of nitrogens with zero attached hydrogens (tertiary/aromatic N) is 2. The van der Waals surface area contributed by atoms with Gasteiger partial charge in [0.2, 0.25) is 5.91 Å². The number of methoxy groups -OCH3 is 1. The smallest absolute Gasteiger partial charge is 0.230 e. The van der Waals surface area contributed by atoms with Gasteiger partial charge in [-0.15, -0.1) is 11.3 Å². The molecule has 5 nitrogen and oxygen atoms in total. The summed E-state index contributed by atoms with van der Waals surface area (Å²) in [6.07, 6.45) is 0. The molecule has 1 heterocycles. The molecular weight excluding hydrogens is 382 g/mol.